The van der Waals surface area contributed by atoms with Gasteiger partial charge in [-0.3, -0.25) is 14.5 Å². The molecule has 0 aliphatic heterocycles. The Morgan fingerprint density at radius 1 is 1.38 bits per heavy atom. The van der Waals surface area contributed by atoms with E-state index in [9.17, 15) is 9.59 Å². The lowest BCUT2D eigenvalue weighted by molar-refractivity contribution is -0.137. The third-order valence-electron chi connectivity index (χ3n) is 2.53. The summed E-state index contributed by atoms with van der Waals surface area (Å²) in [7, 11) is 0. The average Bonchev–Trinajstić information content (AvgIpc) is 2.22. The minimum Gasteiger partial charge on any atom is -0.481 e. The van der Waals surface area contributed by atoms with Crippen molar-refractivity contribution in [3.63, 3.8) is 0 Å². The number of nitrogens with one attached hydrogen (secondary N) is 1. The summed E-state index contributed by atoms with van der Waals surface area (Å²) in [5.41, 5.74) is 0. The zero-order valence-corrected chi connectivity index (χ0v) is 10.3. The molecule has 0 radical (unpaired) electrons. The highest BCUT2D eigenvalue weighted by atomic mass is 16.4. The van der Waals surface area contributed by atoms with Crippen LogP contribution in [0.15, 0.2) is 0 Å². The Morgan fingerprint density at radius 3 is 2.44 bits per heavy atom. The van der Waals surface area contributed by atoms with E-state index >= 15 is 0 Å². The Morgan fingerprint density at radius 2 is 2.00 bits per heavy atom. The fraction of sp³-hybridized carbons (Fsp3) is 0.818. The summed E-state index contributed by atoms with van der Waals surface area (Å²) < 4.78 is 0. The smallest absolute Gasteiger partial charge is 0.303 e. The normalized spacial score (nSPS) is 12.5. The van der Waals surface area contributed by atoms with Gasteiger partial charge in [-0.2, -0.15) is 0 Å². The molecule has 0 saturated carbocycles. The Labute approximate surface area is 96.8 Å². The number of aliphatic carboxylic acids is 1. The lowest BCUT2D eigenvalue weighted by Crippen LogP contribution is -2.41. The molecule has 1 amide bonds. The first-order valence-electron chi connectivity index (χ1n) is 5.73. The number of amides is 1. The standard InChI is InChI=1S/C11H22N2O3/c1-4-12-10(14)8-13(5-2)9(3)6-7-11(15)16/h9H,4-8H2,1-3H3,(H,12,14)(H,15,16). The summed E-state index contributed by atoms with van der Waals surface area (Å²) in [6.45, 7) is 7.51. The lowest BCUT2D eigenvalue weighted by atomic mass is 10.1. The van der Waals surface area contributed by atoms with E-state index in [4.69, 9.17) is 5.11 Å². The van der Waals surface area contributed by atoms with Crippen LogP contribution in [0.3, 0.4) is 0 Å². The van der Waals surface area contributed by atoms with Crippen molar-refractivity contribution in [3.8, 4) is 0 Å². The predicted octanol–water partition coefficient (Wildman–Crippen LogP) is 0.698. The van der Waals surface area contributed by atoms with Crippen LogP contribution in [0.1, 0.15) is 33.6 Å². The lowest BCUT2D eigenvalue weighted by Gasteiger charge is -2.26. The minimum atomic E-state index is -0.791. The molecule has 0 bridgehead atoms. The second kappa shape index (κ2) is 8.10. The maximum Gasteiger partial charge on any atom is 0.303 e. The zero-order chi connectivity index (χ0) is 12.6. The molecule has 0 aromatic rings. The van der Waals surface area contributed by atoms with Crippen LogP contribution in [-0.2, 0) is 9.59 Å². The summed E-state index contributed by atoms with van der Waals surface area (Å²) in [6, 6.07) is 0.115. The molecule has 0 aromatic heterocycles. The quantitative estimate of drug-likeness (QED) is 0.644. The molecule has 0 aliphatic rings. The molecule has 5 heteroatoms. The van der Waals surface area contributed by atoms with Gasteiger partial charge in [-0.1, -0.05) is 6.92 Å². The molecule has 1 atom stereocenters. The Balaban J connectivity index is 4.05. The van der Waals surface area contributed by atoms with Crippen molar-refractivity contribution >= 4 is 11.9 Å². The van der Waals surface area contributed by atoms with Crippen LogP contribution in [0.2, 0.25) is 0 Å². The van der Waals surface area contributed by atoms with Crippen molar-refractivity contribution < 1.29 is 14.7 Å². The second-order valence-electron chi connectivity index (χ2n) is 3.80. The van der Waals surface area contributed by atoms with E-state index < -0.39 is 5.97 Å². The monoisotopic (exact) mass is 230 g/mol. The van der Waals surface area contributed by atoms with E-state index in [1.54, 1.807) is 0 Å². The van der Waals surface area contributed by atoms with Gasteiger partial charge in [0.05, 0.1) is 6.54 Å². The van der Waals surface area contributed by atoms with Crippen molar-refractivity contribution in [2.75, 3.05) is 19.6 Å². The second-order valence-corrected chi connectivity index (χ2v) is 3.80. The number of carboxylic acids is 1. The highest BCUT2D eigenvalue weighted by Crippen LogP contribution is 2.06. The van der Waals surface area contributed by atoms with Gasteiger partial charge in [-0.15, -0.1) is 0 Å². The first-order valence-corrected chi connectivity index (χ1v) is 5.73. The number of carbonyl (C=O) groups excluding carboxylic acids is 1. The van der Waals surface area contributed by atoms with E-state index in [1.807, 2.05) is 25.7 Å². The number of hydrogen-bond donors (Lipinski definition) is 2. The topological polar surface area (TPSA) is 69.6 Å². The van der Waals surface area contributed by atoms with Gasteiger partial charge in [-0.05, 0) is 26.8 Å². The maximum absolute atomic E-state index is 11.4. The molecular formula is C11H22N2O3. The number of carbonyl (C=O) groups is 2. The Hall–Kier alpha value is -1.10. The molecule has 16 heavy (non-hydrogen) atoms. The SMILES string of the molecule is CCNC(=O)CN(CC)C(C)CCC(=O)O. The maximum atomic E-state index is 11.4. The van der Waals surface area contributed by atoms with Crippen LogP contribution in [0.4, 0.5) is 0 Å². The van der Waals surface area contributed by atoms with Crippen molar-refractivity contribution in [2.45, 2.75) is 39.7 Å². The molecule has 0 aromatic carbocycles. The van der Waals surface area contributed by atoms with Crippen molar-refractivity contribution in [2.24, 2.45) is 0 Å². The number of rotatable bonds is 8. The van der Waals surface area contributed by atoms with E-state index in [0.29, 0.717) is 19.5 Å². The van der Waals surface area contributed by atoms with E-state index in [0.717, 1.165) is 6.54 Å². The highest BCUT2D eigenvalue weighted by molar-refractivity contribution is 5.77. The summed E-state index contributed by atoms with van der Waals surface area (Å²) in [6.07, 6.45) is 0.718. The molecule has 0 heterocycles. The van der Waals surface area contributed by atoms with Crippen LogP contribution in [0.5, 0.6) is 0 Å². The highest BCUT2D eigenvalue weighted by Gasteiger charge is 2.15. The third-order valence-corrected chi connectivity index (χ3v) is 2.53. The predicted molar refractivity (Wildman–Crippen MR) is 62.3 cm³/mol. The van der Waals surface area contributed by atoms with Crippen molar-refractivity contribution in [1.82, 2.24) is 10.2 Å². The molecule has 1 unspecified atom stereocenters. The fourth-order valence-corrected chi connectivity index (χ4v) is 1.53. The van der Waals surface area contributed by atoms with Crippen LogP contribution in [0.25, 0.3) is 0 Å². The van der Waals surface area contributed by atoms with Crippen molar-refractivity contribution in [3.05, 3.63) is 0 Å². The van der Waals surface area contributed by atoms with Gasteiger partial charge in [0.15, 0.2) is 0 Å². The van der Waals surface area contributed by atoms with Crippen LogP contribution in [0, 0.1) is 0 Å². The summed E-state index contributed by atoms with van der Waals surface area (Å²) >= 11 is 0. The fourth-order valence-electron chi connectivity index (χ4n) is 1.53. The van der Waals surface area contributed by atoms with Gasteiger partial charge in [0.2, 0.25) is 5.91 Å². The van der Waals surface area contributed by atoms with E-state index in [-0.39, 0.29) is 18.4 Å². The zero-order valence-electron chi connectivity index (χ0n) is 10.3. The Kier molecular flexibility index (Phi) is 7.54. The molecular weight excluding hydrogens is 208 g/mol. The van der Waals surface area contributed by atoms with Gasteiger partial charge in [0.1, 0.15) is 0 Å². The third kappa shape index (κ3) is 6.40. The summed E-state index contributed by atoms with van der Waals surface area (Å²) in [5.74, 6) is -0.799. The first-order chi connectivity index (χ1) is 7.51. The van der Waals surface area contributed by atoms with Gasteiger partial charge >= 0.3 is 5.97 Å². The van der Waals surface area contributed by atoms with Crippen LogP contribution >= 0.6 is 0 Å². The molecule has 0 aliphatic carbocycles. The van der Waals surface area contributed by atoms with Gasteiger partial charge < -0.3 is 10.4 Å². The average molecular weight is 230 g/mol. The van der Waals surface area contributed by atoms with E-state index in [1.165, 1.54) is 0 Å². The number of hydrogen-bond acceptors (Lipinski definition) is 3. The number of likely N-dealkylation sites (N-methyl/N-ethyl adjacent to an activating group) is 2. The number of nitrogens with zero attached hydrogens (tertiary/aromatic N) is 1. The van der Waals surface area contributed by atoms with Crippen LogP contribution in [-0.4, -0.2) is 47.6 Å². The first kappa shape index (κ1) is 14.9. The molecule has 0 rings (SSSR count). The molecule has 5 nitrogen and oxygen atoms in total. The van der Waals surface area contributed by atoms with Crippen LogP contribution < -0.4 is 5.32 Å². The van der Waals surface area contributed by atoms with Crippen molar-refractivity contribution in [1.29, 1.82) is 0 Å². The largest absolute Gasteiger partial charge is 0.481 e. The molecule has 0 saturated heterocycles. The number of carboxylic acid groups (broad SMARTS) is 1. The molecule has 0 spiro atoms. The summed E-state index contributed by atoms with van der Waals surface area (Å²) in [4.78, 5) is 23.8. The van der Waals surface area contributed by atoms with Gasteiger partial charge in [0, 0.05) is 19.0 Å². The minimum absolute atomic E-state index is 0.00785. The van der Waals surface area contributed by atoms with E-state index in [2.05, 4.69) is 5.32 Å². The molecule has 0 fully saturated rings. The van der Waals surface area contributed by atoms with Gasteiger partial charge in [-0.25, -0.2) is 0 Å². The molecule has 2 N–H and O–H groups in total. The summed E-state index contributed by atoms with van der Waals surface area (Å²) in [5, 5.41) is 11.3. The Bertz CT molecular complexity index is 231. The van der Waals surface area contributed by atoms with Gasteiger partial charge in [0.25, 0.3) is 0 Å². The molecule has 94 valence electrons.